The summed E-state index contributed by atoms with van der Waals surface area (Å²) in [4.78, 5) is 2.20. The molecule has 0 aliphatic carbocycles. The number of amidine groups is 1. The molecule has 0 aromatic heterocycles. The van der Waals surface area contributed by atoms with Gasteiger partial charge in [-0.3, -0.25) is 5.41 Å². The number of nitrogens with one attached hydrogen (secondary N) is 1. The van der Waals surface area contributed by atoms with Crippen LogP contribution in [-0.2, 0) is 4.74 Å². The average Bonchev–Trinajstić information content (AvgIpc) is 2.24. The molecule has 0 bridgehead atoms. The van der Waals surface area contributed by atoms with Crippen LogP contribution in [0.2, 0.25) is 0 Å². The van der Waals surface area contributed by atoms with Gasteiger partial charge >= 0.3 is 0 Å². The Kier molecular flexibility index (Phi) is 8.38. The van der Waals surface area contributed by atoms with Gasteiger partial charge in [-0.25, -0.2) is 0 Å². The van der Waals surface area contributed by atoms with Gasteiger partial charge in [-0.15, -0.1) is 0 Å². The third kappa shape index (κ3) is 5.17. The Balaban J connectivity index is 4.33. The summed E-state index contributed by atoms with van der Waals surface area (Å²) in [5.74, 6) is 0.767. The summed E-state index contributed by atoms with van der Waals surface area (Å²) in [7, 11) is 1.72. The molecular weight excluding hydrogens is 188 g/mol. The molecule has 0 rings (SSSR count). The summed E-state index contributed by atoms with van der Waals surface area (Å²) in [6, 6.07) is 0.499. The summed E-state index contributed by atoms with van der Waals surface area (Å²) in [5.41, 5.74) is 0. The first-order valence-electron chi connectivity index (χ1n) is 6.04. The van der Waals surface area contributed by atoms with Crippen molar-refractivity contribution >= 4 is 5.84 Å². The molecule has 0 aliphatic rings. The van der Waals surface area contributed by atoms with Gasteiger partial charge in [0, 0.05) is 26.1 Å². The van der Waals surface area contributed by atoms with E-state index in [4.69, 9.17) is 10.1 Å². The summed E-state index contributed by atoms with van der Waals surface area (Å²) in [6.45, 7) is 8.06. The van der Waals surface area contributed by atoms with E-state index in [1.54, 1.807) is 7.11 Å². The molecule has 0 atom stereocenters. The lowest BCUT2D eigenvalue weighted by Crippen LogP contribution is -2.41. The molecule has 90 valence electrons. The molecule has 0 fully saturated rings. The molecule has 0 heterocycles. The Hall–Kier alpha value is -0.570. The fraction of sp³-hybridized carbons (Fsp3) is 0.917. The monoisotopic (exact) mass is 214 g/mol. The zero-order chi connectivity index (χ0) is 11.7. The molecule has 0 radical (unpaired) electrons. The second kappa shape index (κ2) is 8.72. The maximum Gasteiger partial charge on any atom is 0.0960 e. The summed E-state index contributed by atoms with van der Waals surface area (Å²) in [6.07, 6.45) is 4.13. The largest absolute Gasteiger partial charge is 0.383 e. The number of nitrogens with zero attached hydrogens (tertiary/aromatic N) is 1. The molecule has 15 heavy (non-hydrogen) atoms. The third-order valence-electron chi connectivity index (χ3n) is 2.75. The van der Waals surface area contributed by atoms with E-state index >= 15 is 0 Å². The van der Waals surface area contributed by atoms with E-state index in [0.29, 0.717) is 12.6 Å². The highest BCUT2D eigenvalue weighted by atomic mass is 16.5. The zero-order valence-electron chi connectivity index (χ0n) is 10.7. The molecule has 3 heteroatoms. The van der Waals surface area contributed by atoms with E-state index in [9.17, 15) is 0 Å². The van der Waals surface area contributed by atoms with Crippen LogP contribution in [0.25, 0.3) is 0 Å². The van der Waals surface area contributed by atoms with Gasteiger partial charge in [-0.1, -0.05) is 20.8 Å². The molecule has 0 saturated carbocycles. The van der Waals surface area contributed by atoms with E-state index in [1.807, 2.05) is 0 Å². The topological polar surface area (TPSA) is 36.3 Å². The second-order valence-electron chi connectivity index (χ2n) is 3.85. The fourth-order valence-corrected chi connectivity index (χ4v) is 1.84. The molecule has 0 aromatic rings. The first kappa shape index (κ1) is 14.4. The normalized spacial score (nSPS) is 10.7. The summed E-state index contributed by atoms with van der Waals surface area (Å²) in [5, 5.41) is 8.03. The van der Waals surface area contributed by atoms with Gasteiger partial charge in [0.1, 0.15) is 0 Å². The van der Waals surface area contributed by atoms with Crippen LogP contribution < -0.4 is 0 Å². The van der Waals surface area contributed by atoms with E-state index < -0.39 is 0 Å². The van der Waals surface area contributed by atoms with Gasteiger partial charge in [-0.05, 0) is 19.3 Å². The Morgan fingerprint density at radius 2 is 1.87 bits per heavy atom. The van der Waals surface area contributed by atoms with Crippen molar-refractivity contribution in [3.05, 3.63) is 0 Å². The van der Waals surface area contributed by atoms with Gasteiger partial charge in [0.15, 0.2) is 0 Å². The van der Waals surface area contributed by atoms with Crippen molar-refractivity contribution in [1.29, 1.82) is 5.41 Å². The van der Waals surface area contributed by atoms with Crippen LogP contribution in [0.1, 0.15) is 46.5 Å². The molecule has 0 saturated heterocycles. The molecule has 0 amide bonds. The number of hydrogen-bond acceptors (Lipinski definition) is 2. The van der Waals surface area contributed by atoms with Crippen LogP contribution in [0.4, 0.5) is 0 Å². The molecule has 0 aromatic carbocycles. The highest BCUT2D eigenvalue weighted by molar-refractivity contribution is 5.79. The molecule has 1 N–H and O–H groups in total. The van der Waals surface area contributed by atoms with Crippen molar-refractivity contribution in [2.75, 3.05) is 20.3 Å². The maximum absolute atomic E-state index is 8.03. The zero-order valence-corrected chi connectivity index (χ0v) is 10.7. The summed E-state index contributed by atoms with van der Waals surface area (Å²) >= 11 is 0. The van der Waals surface area contributed by atoms with Gasteiger partial charge in [0.2, 0.25) is 0 Å². The fourth-order valence-electron chi connectivity index (χ4n) is 1.84. The van der Waals surface area contributed by atoms with Crippen molar-refractivity contribution in [1.82, 2.24) is 4.90 Å². The quantitative estimate of drug-likeness (QED) is 0.498. The van der Waals surface area contributed by atoms with Crippen LogP contribution in [0, 0.1) is 5.41 Å². The first-order valence-corrected chi connectivity index (χ1v) is 6.04. The second-order valence-corrected chi connectivity index (χ2v) is 3.85. The standard InChI is InChI=1S/C12H26N2O/c1-5-8-12(13)14(9-10-15-4)11(6-2)7-3/h11,13H,5-10H2,1-4H3. The Bertz CT molecular complexity index is 167. The van der Waals surface area contributed by atoms with Gasteiger partial charge < -0.3 is 9.64 Å². The van der Waals surface area contributed by atoms with E-state index in [0.717, 1.165) is 38.1 Å². The molecular formula is C12H26N2O. The maximum atomic E-state index is 8.03. The SMILES string of the molecule is CCCC(=N)N(CCOC)C(CC)CC. The Morgan fingerprint density at radius 1 is 1.27 bits per heavy atom. The highest BCUT2D eigenvalue weighted by Gasteiger charge is 2.16. The van der Waals surface area contributed by atoms with Crippen LogP contribution >= 0.6 is 0 Å². The number of ether oxygens (including phenoxy) is 1. The average molecular weight is 214 g/mol. The number of methoxy groups -OCH3 is 1. The van der Waals surface area contributed by atoms with Gasteiger partial charge in [0.25, 0.3) is 0 Å². The lowest BCUT2D eigenvalue weighted by atomic mass is 10.1. The molecule has 3 nitrogen and oxygen atoms in total. The lowest BCUT2D eigenvalue weighted by Gasteiger charge is -2.32. The molecule has 0 unspecified atom stereocenters. The number of hydrogen-bond donors (Lipinski definition) is 1. The predicted octanol–water partition coefficient (Wildman–Crippen LogP) is 2.90. The third-order valence-corrected chi connectivity index (χ3v) is 2.75. The van der Waals surface area contributed by atoms with Crippen molar-refractivity contribution in [2.45, 2.75) is 52.5 Å². The molecule has 0 spiro atoms. The smallest absolute Gasteiger partial charge is 0.0960 e. The van der Waals surface area contributed by atoms with Gasteiger partial charge in [0.05, 0.1) is 12.4 Å². The van der Waals surface area contributed by atoms with E-state index in [1.165, 1.54) is 0 Å². The van der Waals surface area contributed by atoms with Crippen molar-refractivity contribution in [3.63, 3.8) is 0 Å². The van der Waals surface area contributed by atoms with Crippen molar-refractivity contribution in [3.8, 4) is 0 Å². The minimum absolute atomic E-state index is 0.499. The van der Waals surface area contributed by atoms with Gasteiger partial charge in [-0.2, -0.15) is 0 Å². The minimum atomic E-state index is 0.499. The van der Waals surface area contributed by atoms with Crippen molar-refractivity contribution < 1.29 is 4.74 Å². The van der Waals surface area contributed by atoms with E-state index in [2.05, 4.69) is 25.7 Å². The first-order chi connectivity index (χ1) is 7.21. The summed E-state index contributed by atoms with van der Waals surface area (Å²) < 4.78 is 5.10. The van der Waals surface area contributed by atoms with Crippen LogP contribution in [0.3, 0.4) is 0 Å². The Morgan fingerprint density at radius 3 is 2.27 bits per heavy atom. The van der Waals surface area contributed by atoms with Crippen LogP contribution in [0.5, 0.6) is 0 Å². The minimum Gasteiger partial charge on any atom is -0.383 e. The molecule has 0 aliphatic heterocycles. The predicted molar refractivity (Wildman–Crippen MR) is 65.6 cm³/mol. The van der Waals surface area contributed by atoms with Crippen LogP contribution in [-0.4, -0.2) is 37.0 Å². The lowest BCUT2D eigenvalue weighted by molar-refractivity contribution is 0.156. The van der Waals surface area contributed by atoms with Crippen molar-refractivity contribution in [2.24, 2.45) is 0 Å². The van der Waals surface area contributed by atoms with Crippen LogP contribution in [0.15, 0.2) is 0 Å². The Labute approximate surface area is 94.3 Å². The number of rotatable bonds is 8. The highest BCUT2D eigenvalue weighted by Crippen LogP contribution is 2.11. The van der Waals surface area contributed by atoms with E-state index in [-0.39, 0.29) is 0 Å².